The number of ether oxygens (including phenoxy) is 2. The third-order valence-electron chi connectivity index (χ3n) is 5.30. The zero-order valence-electron chi connectivity index (χ0n) is 18.7. The van der Waals surface area contributed by atoms with E-state index in [2.05, 4.69) is 0 Å². The van der Waals surface area contributed by atoms with Gasteiger partial charge in [0.05, 0.1) is 30.5 Å². The van der Waals surface area contributed by atoms with Gasteiger partial charge in [0.15, 0.2) is 0 Å². The van der Waals surface area contributed by atoms with Gasteiger partial charge in [-0.2, -0.15) is 4.73 Å². The normalized spacial score (nSPS) is 10.8. The highest BCUT2D eigenvalue weighted by Gasteiger charge is 2.23. The Bertz CT molecular complexity index is 1440. The van der Waals surface area contributed by atoms with Crippen LogP contribution in [-0.2, 0) is 6.61 Å². The molecule has 0 aliphatic heterocycles. The van der Waals surface area contributed by atoms with Crippen LogP contribution in [0.2, 0.25) is 15.1 Å². The fourth-order valence-electron chi connectivity index (χ4n) is 3.57. The second-order valence-corrected chi connectivity index (χ2v) is 8.60. The van der Waals surface area contributed by atoms with E-state index in [4.69, 9.17) is 49.1 Å². The molecule has 0 radical (unpaired) electrons. The molecule has 0 atom stereocenters. The Morgan fingerprint density at radius 1 is 0.857 bits per heavy atom. The second kappa shape index (κ2) is 10.6. The van der Waals surface area contributed by atoms with Gasteiger partial charge in [-0.15, -0.1) is 0 Å². The van der Waals surface area contributed by atoms with Crippen LogP contribution in [0.25, 0.3) is 22.3 Å². The van der Waals surface area contributed by atoms with E-state index in [1.807, 2.05) is 30.3 Å². The fraction of sp³-hybridized carbons (Fsp3) is 0.115. The van der Waals surface area contributed by atoms with E-state index >= 15 is 0 Å². The smallest absolute Gasteiger partial charge is 0.302 e. The maximum Gasteiger partial charge on any atom is 0.302 e. The number of hydrogen-bond acceptors (Lipinski definition) is 4. The zero-order valence-corrected chi connectivity index (χ0v) is 20.9. The molecule has 3 aromatic carbocycles. The van der Waals surface area contributed by atoms with Gasteiger partial charge in [0.2, 0.25) is 0 Å². The molecule has 0 N–H and O–H groups in total. The minimum Gasteiger partial charge on any atom is -0.497 e. The molecule has 0 amide bonds. The monoisotopic (exact) mass is 533 g/mol. The average molecular weight is 535 g/mol. The van der Waals surface area contributed by atoms with Crippen LogP contribution in [0.4, 0.5) is 4.39 Å². The molecule has 0 unspecified atom stereocenters. The van der Waals surface area contributed by atoms with E-state index in [0.717, 1.165) is 16.4 Å². The molecular formula is C26H19Cl3FNO4. The van der Waals surface area contributed by atoms with Gasteiger partial charge in [-0.25, -0.2) is 4.39 Å². The largest absolute Gasteiger partial charge is 0.497 e. The summed E-state index contributed by atoms with van der Waals surface area (Å²) in [6, 6.07) is 16.4. The van der Waals surface area contributed by atoms with E-state index < -0.39 is 11.4 Å². The maximum absolute atomic E-state index is 13.8. The van der Waals surface area contributed by atoms with Crippen LogP contribution in [0.5, 0.6) is 11.5 Å². The van der Waals surface area contributed by atoms with E-state index in [9.17, 15) is 9.18 Å². The molecule has 0 saturated carbocycles. The SMILES string of the molecule is COc1cc(OC)c(Cl)c(-c2cn(OCc3ccccc3)c(=O)c(Cl)c2-c2ccc(F)cc2Cl)c1. The molecule has 4 aromatic rings. The van der Waals surface area contributed by atoms with Crippen LogP contribution < -0.4 is 19.9 Å². The van der Waals surface area contributed by atoms with Crippen LogP contribution in [-0.4, -0.2) is 19.0 Å². The lowest BCUT2D eigenvalue weighted by atomic mass is 9.95. The van der Waals surface area contributed by atoms with Crippen molar-refractivity contribution in [1.82, 2.24) is 4.73 Å². The number of aromatic nitrogens is 1. The quantitative estimate of drug-likeness (QED) is 0.258. The van der Waals surface area contributed by atoms with Gasteiger partial charge in [-0.3, -0.25) is 4.79 Å². The summed E-state index contributed by atoms with van der Waals surface area (Å²) in [4.78, 5) is 19.0. The summed E-state index contributed by atoms with van der Waals surface area (Å²) in [5, 5.41) is 0.139. The van der Waals surface area contributed by atoms with Gasteiger partial charge in [0, 0.05) is 28.3 Å². The Morgan fingerprint density at radius 3 is 2.26 bits per heavy atom. The number of rotatable bonds is 7. The second-order valence-electron chi connectivity index (χ2n) is 7.44. The lowest BCUT2D eigenvalue weighted by Crippen LogP contribution is -2.27. The molecule has 4 rings (SSSR count). The summed E-state index contributed by atoms with van der Waals surface area (Å²) in [6.45, 7) is 0.113. The lowest BCUT2D eigenvalue weighted by molar-refractivity contribution is 0.0896. The predicted molar refractivity (Wildman–Crippen MR) is 136 cm³/mol. The number of hydrogen-bond donors (Lipinski definition) is 0. The van der Waals surface area contributed by atoms with Crippen molar-refractivity contribution in [1.29, 1.82) is 0 Å². The Labute approximate surface area is 216 Å². The van der Waals surface area contributed by atoms with Gasteiger partial charge >= 0.3 is 5.56 Å². The zero-order chi connectivity index (χ0) is 25.1. The van der Waals surface area contributed by atoms with Crippen molar-refractivity contribution < 1.29 is 18.7 Å². The molecule has 180 valence electrons. The van der Waals surface area contributed by atoms with E-state index in [1.165, 1.54) is 32.5 Å². The minimum atomic E-state index is -0.618. The summed E-state index contributed by atoms with van der Waals surface area (Å²) in [7, 11) is 2.97. The highest BCUT2D eigenvalue weighted by atomic mass is 35.5. The van der Waals surface area contributed by atoms with Crippen LogP contribution in [0.3, 0.4) is 0 Å². The molecule has 1 heterocycles. The van der Waals surface area contributed by atoms with Gasteiger partial charge in [-0.1, -0.05) is 65.1 Å². The summed E-state index contributed by atoms with van der Waals surface area (Å²) in [5.74, 6) is 0.268. The standard InChI is InChI=1S/C26H19Cl3FNO4/c1-33-17-11-19(24(28)22(12-17)34-2)20-13-31(35-14-15-6-4-3-5-7-15)26(32)25(29)23(20)18-9-8-16(30)10-21(18)27/h3-13H,14H2,1-2H3. The summed E-state index contributed by atoms with van der Waals surface area (Å²) < 4.78 is 25.6. The first-order valence-electron chi connectivity index (χ1n) is 10.3. The summed E-state index contributed by atoms with van der Waals surface area (Å²) >= 11 is 19.6. The molecule has 0 aliphatic rings. The van der Waals surface area contributed by atoms with Crippen LogP contribution in [0.1, 0.15) is 5.56 Å². The number of nitrogens with zero attached hydrogens (tertiary/aromatic N) is 1. The number of benzene rings is 3. The molecule has 35 heavy (non-hydrogen) atoms. The van der Waals surface area contributed by atoms with E-state index in [1.54, 1.807) is 12.1 Å². The first-order chi connectivity index (χ1) is 16.8. The summed E-state index contributed by atoms with van der Waals surface area (Å²) in [6.07, 6.45) is 1.46. The Morgan fingerprint density at radius 2 is 1.60 bits per heavy atom. The topological polar surface area (TPSA) is 49.7 Å². The molecule has 0 fully saturated rings. The summed E-state index contributed by atoms with van der Waals surface area (Å²) in [5.41, 5.74) is 1.68. The predicted octanol–water partition coefficient (Wildman–Crippen LogP) is 6.93. The van der Waals surface area contributed by atoms with E-state index in [-0.39, 0.29) is 27.2 Å². The van der Waals surface area contributed by atoms with Crippen LogP contribution in [0, 0.1) is 5.82 Å². The molecule has 9 heteroatoms. The third-order valence-corrected chi connectivity index (χ3v) is 6.35. The van der Waals surface area contributed by atoms with Gasteiger partial charge in [0.25, 0.3) is 0 Å². The van der Waals surface area contributed by atoms with Crippen molar-refractivity contribution in [3.63, 3.8) is 0 Å². The first-order valence-corrected chi connectivity index (χ1v) is 11.5. The molecule has 0 aliphatic carbocycles. The molecule has 0 spiro atoms. The Kier molecular flexibility index (Phi) is 7.55. The first kappa shape index (κ1) is 24.9. The van der Waals surface area contributed by atoms with Crippen molar-refractivity contribution >= 4 is 34.8 Å². The van der Waals surface area contributed by atoms with Crippen LogP contribution >= 0.6 is 34.8 Å². The van der Waals surface area contributed by atoms with Gasteiger partial charge in [-0.05, 0) is 29.8 Å². The van der Waals surface area contributed by atoms with Crippen molar-refractivity contribution in [3.05, 3.63) is 104 Å². The third kappa shape index (κ3) is 5.10. The van der Waals surface area contributed by atoms with Gasteiger partial charge in [0.1, 0.15) is 28.9 Å². The fourth-order valence-corrected chi connectivity index (χ4v) is 4.41. The minimum absolute atomic E-state index is 0.0708. The molecule has 0 saturated heterocycles. The van der Waals surface area contributed by atoms with Crippen molar-refractivity contribution in [2.45, 2.75) is 6.61 Å². The number of halogens is 4. The maximum atomic E-state index is 13.8. The highest BCUT2D eigenvalue weighted by Crippen LogP contribution is 2.45. The highest BCUT2D eigenvalue weighted by molar-refractivity contribution is 6.38. The lowest BCUT2D eigenvalue weighted by Gasteiger charge is -2.19. The van der Waals surface area contributed by atoms with E-state index in [0.29, 0.717) is 28.2 Å². The Balaban J connectivity index is 1.98. The number of methoxy groups -OCH3 is 2. The van der Waals surface area contributed by atoms with Crippen molar-refractivity contribution in [2.75, 3.05) is 14.2 Å². The molecule has 1 aromatic heterocycles. The van der Waals surface area contributed by atoms with Crippen molar-refractivity contribution in [2.24, 2.45) is 0 Å². The average Bonchev–Trinajstić information content (AvgIpc) is 2.86. The molecular weight excluding hydrogens is 516 g/mol. The molecule has 0 bridgehead atoms. The molecule has 5 nitrogen and oxygen atoms in total. The number of pyridine rings is 1. The Hall–Kier alpha value is -3.19. The van der Waals surface area contributed by atoms with Crippen molar-refractivity contribution in [3.8, 4) is 33.8 Å². The van der Waals surface area contributed by atoms with Gasteiger partial charge < -0.3 is 14.3 Å². The van der Waals surface area contributed by atoms with Crippen LogP contribution in [0.15, 0.2) is 71.7 Å².